The number of rotatable bonds is 5. The molecule has 0 atom stereocenters. The molecule has 1 aromatic carbocycles. The van der Waals surface area contributed by atoms with Crippen LogP contribution in [0.1, 0.15) is 24.6 Å². The number of aryl methyl sites for hydroxylation is 1. The lowest BCUT2D eigenvalue weighted by atomic mass is 10.1. The number of hydrogen-bond donors (Lipinski definition) is 3. The first-order valence-electron chi connectivity index (χ1n) is 8.94. The van der Waals surface area contributed by atoms with Crippen molar-refractivity contribution in [3.8, 4) is 0 Å². The molecule has 0 saturated carbocycles. The number of nitrogens with one attached hydrogen (secondary N) is 3. The van der Waals surface area contributed by atoms with Crippen molar-refractivity contribution in [2.45, 2.75) is 25.5 Å². The molecule has 2 aromatic rings. The molecule has 2 heterocycles. The average molecular weight is 385 g/mol. The predicted octanol–water partition coefficient (Wildman–Crippen LogP) is 2.98. The van der Waals surface area contributed by atoms with E-state index in [1.165, 1.54) is 12.5 Å². The normalized spacial score (nSPS) is 16.1. The summed E-state index contributed by atoms with van der Waals surface area (Å²) in [5.41, 5.74) is 3.79. The summed E-state index contributed by atoms with van der Waals surface area (Å²) in [5.74, 6) is 1.23. The van der Waals surface area contributed by atoms with Crippen molar-refractivity contribution in [1.29, 1.82) is 0 Å². The summed E-state index contributed by atoms with van der Waals surface area (Å²) < 4.78 is 0. The molecule has 1 aliphatic rings. The maximum Gasteiger partial charge on any atom is 0.227 e. The summed E-state index contributed by atoms with van der Waals surface area (Å²) in [7, 11) is 1.93. The van der Waals surface area contributed by atoms with Gasteiger partial charge in [0.2, 0.25) is 11.9 Å². The second-order valence-electron chi connectivity index (χ2n) is 6.25. The van der Waals surface area contributed by atoms with Crippen LogP contribution in [0.25, 0.3) is 0 Å². The maximum atomic E-state index is 11.2. The van der Waals surface area contributed by atoms with Crippen LogP contribution in [-0.4, -0.2) is 41.1 Å². The van der Waals surface area contributed by atoms with Crippen LogP contribution >= 0.6 is 11.8 Å². The van der Waals surface area contributed by atoms with Crippen LogP contribution in [0.5, 0.6) is 0 Å². The second kappa shape index (κ2) is 9.48. The van der Waals surface area contributed by atoms with E-state index in [0.29, 0.717) is 5.95 Å². The van der Waals surface area contributed by atoms with E-state index in [2.05, 4.69) is 25.9 Å². The molecule has 27 heavy (non-hydrogen) atoms. The van der Waals surface area contributed by atoms with Gasteiger partial charge in [-0.15, -0.1) is 11.8 Å². The van der Waals surface area contributed by atoms with E-state index in [1.54, 1.807) is 11.8 Å². The van der Waals surface area contributed by atoms with Crippen molar-refractivity contribution in [2.24, 2.45) is 4.99 Å². The fourth-order valence-corrected chi connectivity index (χ4v) is 3.75. The Hall–Kier alpha value is -2.45. The SMILES string of the molecule is CNC/C1=N/CCCc2cnc(Nc3cccc(NC(C)=O)c3)nc2CS1. The number of nitrogens with zero attached hydrogens (tertiary/aromatic N) is 3. The van der Waals surface area contributed by atoms with Gasteiger partial charge in [-0.2, -0.15) is 0 Å². The lowest BCUT2D eigenvalue weighted by Crippen LogP contribution is -2.16. The molecule has 7 nitrogen and oxygen atoms in total. The quantitative estimate of drug-likeness (QED) is 0.734. The van der Waals surface area contributed by atoms with Crippen LogP contribution < -0.4 is 16.0 Å². The Morgan fingerprint density at radius 3 is 2.96 bits per heavy atom. The lowest BCUT2D eigenvalue weighted by molar-refractivity contribution is -0.114. The van der Waals surface area contributed by atoms with Gasteiger partial charge in [0, 0.05) is 43.3 Å². The molecule has 8 heteroatoms. The Balaban J connectivity index is 1.76. The largest absolute Gasteiger partial charge is 0.326 e. The minimum atomic E-state index is -0.100. The van der Waals surface area contributed by atoms with Gasteiger partial charge in [-0.25, -0.2) is 9.97 Å². The summed E-state index contributed by atoms with van der Waals surface area (Å²) in [6.07, 6.45) is 3.84. The molecule has 0 unspecified atom stereocenters. The number of anilines is 3. The zero-order chi connectivity index (χ0) is 19.1. The third kappa shape index (κ3) is 5.77. The van der Waals surface area contributed by atoms with E-state index < -0.39 is 0 Å². The number of benzene rings is 1. The molecule has 0 radical (unpaired) electrons. The highest BCUT2D eigenvalue weighted by Gasteiger charge is 2.12. The van der Waals surface area contributed by atoms with Gasteiger partial charge in [0.25, 0.3) is 0 Å². The summed E-state index contributed by atoms with van der Waals surface area (Å²) in [4.78, 5) is 25.1. The Kier molecular flexibility index (Phi) is 6.78. The topological polar surface area (TPSA) is 91.3 Å². The van der Waals surface area contributed by atoms with Crippen LogP contribution in [0.4, 0.5) is 17.3 Å². The molecular weight excluding hydrogens is 360 g/mol. The van der Waals surface area contributed by atoms with E-state index in [0.717, 1.165) is 53.8 Å². The van der Waals surface area contributed by atoms with Gasteiger partial charge in [0.15, 0.2) is 0 Å². The first-order valence-corrected chi connectivity index (χ1v) is 9.93. The van der Waals surface area contributed by atoms with E-state index >= 15 is 0 Å². The summed E-state index contributed by atoms with van der Waals surface area (Å²) in [6, 6.07) is 7.50. The first kappa shape index (κ1) is 19.3. The van der Waals surface area contributed by atoms with Crippen LogP contribution in [-0.2, 0) is 17.0 Å². The highest BCUT2D eigenvalue weighted by atomic mass is 32.2. The number of fused-ring (bicyclic) bond motifs is 1. The molecule has 1 aromatic heterocycles. The van der Waals surface area contributed by atoms with E-state index in [4.69, 9.17) is 4.98 Å². The van der Waals surface area contributed by atoms with Gasteiger partial charge < -0.3 is 16.0 Å². The average Bonchev–Trinajstić information content (AvgIpc) is 2.73. The molecule has 0 spiro atoms. The molecule has 0 aliphatic carbocycles. The van der Waals surface area contributed by atoms with Gasteiger partial charge in [0.1, 0.15) is 0 Å². The fraction of sp³-hybridized carbons (Fsp3) is 0.368. The Labute approximate surface area is 163 Å². The molecule has 3 N–H and O–H groups in total. The highest BCUT2D eigenvalue weighted by Crippen LogP contribution is 2.23. The van der Waals surface area contributed by atoms with Crippen molar-refractivity contribution < 1.29 is 4.79 Å². The minimum Gasteiger partial charge on any atom is -0.326 e. The number of amides is 1. The van der Waals surface area contributed by atoms with Gasteiger partial charge in [-0.05, 0) is 43.7 Å². The third-order valence-corrected chi connectivity index (χ3v) is 5.01. The number of aromatic nitrogens is 2. The molecule has 142 valence electrons. The van der Waals surface area contributed by atoms with Gasteiger partial charge in [-0.1, -0.05) is 6.07 Å². The highest BCUT2D eigenvalue weighted by molar-refractivity contribution is 8.13. The lowest BCUT2D eigenvalue weighted by Gasteiger charge is -2.11. The zero-order valence-corrected chi connectivity index (χ0v) is 16.4. The number of thioether (sulfide) groups is 1. The summed E-state index contributed by atoms with van der Waals surface area (Å²) in [6.45, 7) is 3.11. The third-order valence-electron chi connectivity index (χ3n) is 3.99. The smallest absolute Gasteiger partial charge is 0.227 e. The molecular formula is C19H24N6OS. The van der Waals surface area contributed by atoms with E-state index in [-0.39, 0.29) is 5.91 Å². The van der Waals surface area contributed by atoms with Crippen LogP contribution in [0.15, 0.2) is 35.5 Å². The second-order valence-corrected chi connectivity index (χ2v) is 7.30. The molecule has 1 amide bonds. The summed E-state index contributed by atoms with van der Waals surface area (Å²) >= 11 is 1.72. The van der Waals surface area contributed by atoms with Crippen molar-refractivity contribution in [3.05, 3.63) is 41.7 Å². The fourth-order valence-electron chi connectivity index (χ4n) is 2.77. The van der Waals surface area contributed by atoms with Crippen molar-refractivity contribution >= 4 is 40.0 Å². The molecule has 1 aliphatic heterocycles. The van der Waals surface area contributed by atoms with Crippen LogP contribution in [0.2, 0.25) is 0 Å². The van der Waals surface area contributed by atoms with Crippen molar-refractivity contribution in [2.75, 3.05) is 30.8 Å². The Morgan fingerprint density at radius 1 is 1.30 bits per heavy atom. The molecule has 0 fully saturated rings. The number of carbonyl (C=O) groups is 1. The van der Waals surface area contributed by atoms with Gasteiger partial charge >= 0.3 is 0 Å². The van der Waals surface area contributed by atoms with Crippen molar-refractivity contribution in [3.63, 3.8) is 0 Å². The van der Waals surface area contributed by atoms with Crippen molar-refractivity contribution in [1.82, 2.24) is 15.3 Å². The van der Waals surface area contributed by atoms with Gasteiger partial charge in [-0.3, -0.25) is 9.79 Å². The Morgan fingerprint density at radius 2 is 2.15 bits per heavy atom. The van der Waals surface area contributed by atoms with E-state index in [1.807, 2.05) is 37.5 Å². The molecule has 3 rings (SSSR count). The number of carbonyl (C=O) groups excluding carboxylic acids is 1. The van der Waals surface area contributed by atoms with E-state index in [9.17, 15) is 4.79 Å². The van der Waals surface area contributed by atoms with Gasteiger partial charge in [0.05, 0.1) is 10.7 Å². The predicted molar refractivity (Wildman–Crippen MR) is 112 cm³/mol. The summed E-state index contributed by atoms with van der Waals surface area (Å²) in [5, 5.41) is 10.3. The van der Waals surface area contributed by atoms with Crippen LogP contribution in [0.3, 0.4) is 0 Å². The van der Waals surface area contributed by atoms with Crippen LogP contribution in [0, 0.1) is 0 Å². The Bertz CT molecular complexity index is 839. The first-order chi connectivity index (χ1) is 13.1. The molecule has 0 saturated heterocycles. The molecule has 0 bridgehead atoms. The minimum absolute atomic E-state index is 0.100. The zero-order valence-electron chi connectivity index (χ0n) is 15.6. The standard InChI is InChI=1S/C19H24N6OS/c1-13(26)23-15-6-3-7-16(9-15)24-19-22-10-14-5-4-8-21-18(11-20-2)27-12-17(14)25-19/h3,6-7,9-10,20H,4-5,8,11-12H2,1-2H3,(H,23,26)(H,22,24,25)/b21-18-. The maximum absolute atomic E-state index is 11.2. The number of aliphatic imine (C=N–C) groups is 1. The number of hydrogen-bond acceptors (Lipinski definition) is 7. The monoisotopic (exact) mass is 384 g/mol.